The van der Waals surface area contributed by atoms with Gasteiger partial charge in [0.1, 0.15) is 10.8 Å². The van der Waals surface area contributed by atoms with Crippen molar-refractivity contribution in [1.29, 1.82) is 0 Å². The number of thiazole rings is 1. The van der Waals surface area contributed by atoms with Gasteiger partial charge < -0.3 is 0 Å². The van der Waals surface area contributed by atoms with E-state index in [1.807, 2.05) is 29.6 Å². The zero-order valence-electron chi connectivity index (χ0n) is 13.3. The molecule has 0 amide bonds. The Kier molecular flexibility index (Phi) is 5.14. The summed E-state index contributed by atoms with van der Waals surface area (Å²) in [6.07, 6.45) is 0. The van der Waals surface area contributed by atoms with E-state index < -0.39 is 0 Å². The number of halogens is 2. The Morgan fingerprint density at radius 3 is 2.69 bits per heavy atom. The fraction of sp³-hybridized carbons (Fsp3) is 0.0556. The van der Waals surface area contributed by atoms with Crippen molar-refractivity contribution >= 4 is 39.0 Å². The average molecular weight is 447 g/mol. The number of hydrogen-bond donors (Lipinski definition) is 1. The molecule has 130 valence electrons. The van der Waals surface area contributed by atoms with Crippen LogP contribution in [0.3, 0.4) is 0 Å². The van der Waals surface area contributed by atoms with Gasteiger partial charge in [0, 0.05) is 26.7 Å². The molecule has 0 atom stereocenters. The van der Waals surface area contributed by atoms with E-state index in [1.165, 1.54) is 23.9 Å². The highest BCUT2D eigenvalue weighted by Crippen LogP contribution is 2.29. The van der Waals surface area contributed by atoms with Crippen molar-refractivity contribution in [2.45, 2.75) is 10.9 Å². The lowest BCUT2D eigenvalue weighted by Gasteiger charge is -1.98. The predicted octanol–water partition coefficient (Wildman–Crippen LogP) is 5.79. The molecule has 0 saturated heterocycles. The summed E-state index contributed by atoms with van der Waals surface area (Å²) in [4.78, 5) is 9.14. The van der Waals surface area contributed by atoms with Crippen molar-refractivity contribution in [3.8, 4) is 22.0 Å². The summed E-state index contributed by atoms with van der Waals surface area (Å²) in [5.74, 6) is 1.15. The summed E-state index contributed by atoms with van der Waals surface area (Å²) in [5.41, 5.74) is 2.84. The van der Waals surface area contributed by atoms with Gasteiger partial charge in [-0.25, -0.2) is 14.4 Å². The van der Waals surface area contributed by atoms with Crippen molar-refractivity contribution in [2.24, 2.45) is 0 Å². The van der Waals surface area contributed by atoms with Gasteiger partial charge in [-0.05, 0) is 30.3 Å². The second-order valence-electron chi connectivity index (χ2n) is 5.39. The van der Waals surface area contributed by atoms with Gasteiger partial charge in [-0.15, -0.1) is 16.4 Å². The number of thioether (sulfide) groups is 1. The Morgan fingerprint density at radius 2 is 1.88 bits per heavy atom. The minimum atomic E-state index is -0.244. The maximum absolute atomic E-state index is 13.0. The molecule has 4 rings (SSSR count). The van der Waals surface area contributed by atoms with E-state index in [1.54, 1.807) is 23.5 Å². The second kappa shape index (κ2) is 7.69. The molecule has 0 radical (unpaired) electrons. The van der Waals surface area contributed by atoms with Gasteiger partial charge in [0.05, 0.1) is 5.69 Å². The number of nitrogens with zero attached hydrogens (tertiary/aromatic N) is 3. The molecular weight excluding hydrogens is 435 g/mol. The van der Waals surface area contributed by atoms with Crippen LogP contribution in [0.5, 0.6) is 0 Å². The summed E-state index contributed by atoms with van der Waals surface area (Å²) < 4.78 is 14.0. The third-order valence-corrected chi connectivity index (χ3v) is 6.10. The summed E-state index contributed by atoms with van der Waals surface area (Å²) in [6, 6.07) is 14.2. The van der Waals surface area contributed by atoms with Crippen molar-refractivity contribution < 1.29 is 4.39 Å². The van der Waals surface area contributed by atoms with Crippen LogP contribution >= 0.6 is 39.0 Å². The van der Waals surface area contributed by atoms with E-state index in [9.17, 15) is 4.39 Å². The molecule has 2 aromatic heterocycles. The minimum absolute atomic E-state index is 0.244. The predicted molar refractivity (Wildman–Crippen MR) is 107 cm³/mol. The van der Waals surface area contributed by atoms with Crippen molar-refractivity contribution in [3.63, 3.8) is 0 Å². The Bertz CT molecular complexity index is 1030. The summed E-state index contributed by atoms with van der Waals surface area (Å²) in [5, 5.41) is 10.8. The Balaban J connectivity index is 1.44. The van der Waals surface area contributed by atoms with Gasteiger partial charge in [-0.2, -0.15) is 0 Å². The number of aromatic nitrogens is 4. The summed E-state index contributed by atoms with van der Waals surface area (Å²) in [7, 11) is 0. The maximum atomic E-state index is 13.0. The molecule has 8 heteroatoms. The van der Waals surface area contributed by atoms with Crippen LogP contribution in [-0.2, 0) is 5.75 Å². The van der Waals surface area contributed by atoms with Crippen LogP contribution in [-0.4, -0.2) is 20.2 Å². The number of rotatable bonds is 5. The van der Waals surface area contributed by atoms with Crippen LogP contribution in [0.25, 0.3) is 22.0 Å². The first-order valence-electron chi connectivity index (χ1n) is 7.69. The topological polar surface area (TPSA) is 54.5 Å². The molecule has 2 heterocycles. The van der Waals surface area contributed by atoms with E-state index in [0.717, 1.165) is 32.1 Å². The molecule has 0 saturated carbocycles. The SMILES string of the molecule is Fc1ccc(-c2nc(CSc3n[nH]c(-c4ccccc4Br)n3)cs2)cc1. The first-order chi connectivity index (χ1) is 12.7. The molecule has 0 bridgehead atoms. The van der Waals surface area contributed by atoms with E-state index in [4.69, 9.17) is 0 Å². The van der Waals surface area contributed by atoms with E-state index in [0.29, 0.717) is 10.9 Å². The zero-order chi connectivity index (χ0) is 17.9. The van der Waals surface area contributed by atoms with Crippen molar-refractivity contribution in [2.75, 3.05) is 0 Å². The van der Waals surface area contributed by atoms with Crippen LogP contribution in [0.15, 0.2) is 63.5 Å². The Morgan fingerprint density at radius 1 is 1.08 bits per heavy atom. The Hall–Kier alpha value is -2.03. The standard InChI is InChI=1S/C18H12BrFN4S2/c19-15-4-2-1-3-14(15)16-22-18(24-23-16)26-10-13-9-25-17(21-13)11-5-7-12(20)8-6-11/h1-9H,10H2,(H,22,23,24). The van der Waals surface area contributed by atoms with E-state index in [-0.39, 0.29) is 5.82 Å². The first-order valence-corrected chi connectivity index (χ1v) is 10.4. The first kappa shape index (κ1) is 17.4. The van der Waals surface area contributed by atoms with E-state index >= 15 is 0 Å². The molecule has 0 spiro atoms. The molecule has 0 aliphatic heterocycles. The van der Waals surface area contributed by atoms with E-state index in [2.05, 4.69) is 36.1 Å². The normalized spacial score (nSPS) is 11.0. The summed E-state index contributed by atoms with van der Waals surface area (Å²) in [6.45, 7) is 0. The molecular formula is C18H12BrFN4S2. The molecule has 4 nitrogen and oxygen atoms in total. The average Bonchev–Trinajstić information content (AvgIpc) is 3.30. The second-order valence-corrected chi connectivity index (χ2v) is 8.04. The fourth-order valence-corrected chi connectivity index (χ4v) is 4.42. The van der Waals surface area contributed by atoms with Crippen molar-refractivity contribution in [1.82, 2.24) is 20.2 Å². The number of benzene rings is 2. The van der Waals surface area contributed by atoms with Crippen LogP contribution < -0.4 is 0 Å². The largest absolute Gasteiger partial charge is 0.258 e. The maximum Gasteiger partial charge on any atom is 0.209 e. The molecule has 1 N–H and O–H groups in total. The zero-order valence-corrected chi connectivity index (χ0v) is 16.5. The number of aromatic amines is 1. The highest BCUT2D eigenvalue weighted by atomic mass is 79.9. The van der Waals surface area contributed by atoms with Gasteiger partial charge in [-0.3, -0.25) is 5.10 Å². The summed E-state index contributed by atoms with van der Waals surface area (Å²) >= 11 is 6.59. The lowest BCUT2D eigenvalue weighted by atomic mass is 10.2. The number of H-pyrrole nitrogens is 1. The van der Waals surface area contributed by atoms with Crippen LogP contribution in [0.2, 0.25) is 0 Å². The molecule has 4 aromatic rings. The van der Waals surface area contributed by atoms with Crippen LogP contribution in [0, 0.1) is 5.82 Å². The lowest BCUT2D eigenvalue weighted by Crippen LogP contribution is -1.84. The Labute approximate surface area is 166 Å². The number of nitrogens with one attached hydrogen (secondary N) is 1. The smallest absolute Gasteiger partial charge is 0.209 e. The molecule has 0 fully saturated rings. The van der Waals surface area contributed by atoms with Gasteiger partial charge in [-0.1, -0.05) is 45.9 Å². The van der Waals surface area contributed by atoms with Gasteiger partial charge in [0.2, 0.25) is 5.16 Å². The fourth-order valence-electron chi connectivity index (χ4n) is 2.32. The van der Waals surface area contributed by atoms with Gasteiger partial charge in [0.25, 0.3) is 0 Å². The highest BCUT2D eigenvalue weighted by molar-refractivity contribution is 9.10. The van der Waals surface area contributed by atoms with Gasteiger partial charge in [0.15, 0.2) is 5.82 Å². The highest BCUT2D eigenvalue weighted by Gasteiger charge is 2.10. The number of hydrogen-bond acceptors (Lipinski definition) is 5. The third-order valence-electron chi connectivity index (χ3n) is 3.59. The van der Waals surface area contributed by atoms with Crippen LogP contribution in [0.1, 0.15) is 5.69 Å². The molecule has 26 heavy (non-hydrogen) atoms. The van der Waals surface area contributed by atoms with Crippen molar-refractivity contribution in [3.05, 3.63) is 69.9 Å². The lowest BCUT2D eigenvalue weighted by molar-refractivity contribution is 0.628. The minimum Gasteiger partial charge on any atom is -0.258 e. The molecule has 2 aromatic carbocycles. The molecule has 0 aliphatic carbocycles. The quantitative estimate of drug-likeness (QED) is 0.394. The third kappa shape index (κ3) is 3.87. The van der Waals surface area contributed by atoms with Crippen LogP contribution in [0.4, 0.5) is 4.39 Å². The van der Waals surface area contributed by atoms with Gasteiger partial charge >= 0.3 is 0 Å². The molecule has 0 unspecified atom stereocenters. The monoisotopic (exact) mass is 446 g/mol. The molecule has 0 aliphatic rings.